The van der Waals surface area contributed by atoms with Crippen molar-refractivity contribution in [2.24, 2.45) is 0 Å². The van der Waals surface area contributed by atoms with Gasteiger partial charge in [0.25, 0.3) is 5.56 Å². The molecule has 102 valence electrons. The van der Waals surface area contributed by atoms with Crippen LogP contribution in [-0.2, 0) is 5.33 Å². The van der Waals surface area contributed by atoms with E-state index in [9.17, 15) is 9.18 Å². The average molecular weight is 354 g/mol. The molecule has 0 saturated carbocycles. The third-order valence-electron chi connectivity index (χ3n) is 2.67. The number of nitrogens with zero attached hydrogens (tertiary/aromatic N) is 2. The van der Waals surface area contributed by atoms with Crippen molar-refractivity contribution in [3.63, 3.8) is 0 Å². The summed E-state index contributed by atoms with van der Waals surface area (Å²) in [6.07, 6.45) is 1.75. The molecule has 20 heavy (non-hydrogen) atoms. The summed E-state index contributed by atoms with van der Waals surface area (Å²) in [5, 5.41) is 9.85. The molecule has 4 nitrogen and oxygen atoms in total. The lowest BCUT2D eigenvalue weighted by Crippen LogP contribution is -2.14. The van der Waals surface area contributed by atoms with Crippen LogP contribution < -0.4 is 5.56 Å². The van der Waals surface area contributed by atoms with Gasteiger partial charge in [-0.1, -0.05) is 39.8 Å². The van der Waals surface area contributed by atoms with E-state index in [1.807, 2.05) is 6.07 Å². The zero-order chi connectivity index (χ0) is 14.7. The van der Waals surface area contributed by atoms with Crippen LogP contribution in [0.4, 0.5) is 4.39 Å². The van der Waals surface area contributed by atoms with Crippen LogP contribution in [0, 0.1) is 17.1 Å². The first kappa shape index (κ1) is 14.8. The van der Waals surface area contributed by atoms with Gasteiger partial charge in [0.05, 0.1) is 5.69 Å². The third kappa shape index (κ3) is 2.76. The second kappa shape index (κ2) is 6.20. The van der Waals surface area contributed by atoms with Crippen LogP contribution in [0.2, 0.25) is 0 Å². The molecule has 7 heteroatoms. The van der Waals surface area contributed by atoms with Gasteiger partial charge in [-0.05, 0) is 17.9 Å². The number of nitrogens with one attached hydrogen (secondary N) is 1. The van der Waals surface area contributed by atoms with Gasteiger partial charge in [0.15, 0.2) is 5.16 Å². The minimum atomic E-state index is -0.521. The molecule has 1 heterocycles. The molecule has 0 aliphatic rings. The van der Waals surface area contributed by atoms with Crippen molar-refractivity contribution in [2.75, 3.05) is 6.26 Å². The second-order valence-corrected chi connectivity index (χ2v) is 5.21. The summed E-state index contributed by atoms with van der Waals surface area (Å²) in [5.74, 6) is -0.406. The summed E-state index contributed by atoms with van der Waals surface area (Å²) in [6, 6.07) is 6.34. The summed E-state index contributed by atoms with van der Waals surface area (Å²) in [6.45, 7) is 0. The highest BCUT2D eigenvalue weighted by atomic mass is 79.9. The molecule has 0 spiro atoms. The molecule has 0 saturated heterocycles. The first-order valence-electron chi connectivity index (χ1n) is 5.54. The van der Waals surface area contributed by atoms with Crippen LogP contribution in [-0.4, -0.2) is 16.2 Å². The van der Waals surface area contributed by atoms with E-state index in [1.165, 1.54) is 17.8 Å². The molecule has 1 N–H and O–H groups in total. The Labute approximate surface area is 127 Å². The zero-order valence-electron chi connectivity index (χ0n) is 10.4. The number of halogens is 2. The monoisotopic (exact) mass is 353 g/mol. The van der Waals surface area contributed by atoms with Gasteiger partial charge < -0.3 is 4.98 Å². The third-order valence-corrected chi connectivity index (χ3v) is 3.86. The lowest BCUT2D eigenvalue weighted by Gasteiger charge is -2.06. The Kier molecular flexibility index (Phi) is 4.57. The Hall–Kier alpha value is -1.65. The highest BCUT2D eigenvalue weighted by Gasteiger charge is 2.14. The van der Waals surface area contributed by atoms with Gasteiger partial charge in [0, 0.05) is 10.9 Å². The number of hydrogen-bond donors (Lipinski definition) is 1. The summed E-state index contributed by atoms with van der Waals surface area (Å²) in [5.41, 5.74) is 0.466. The molecule has 1 aromatic heterocycles. The molecule has 0 aliphatic carbocycles. The van der Waals surface area contributed by atoms with Crippen molar-refractivity contribution in [1.82, 2.24) is 9.97 Å². The first-order chi connectivity index (χ1) is 9.60. The quantitative estimate of drug-likeness (QED) is 0.523. The van der Waals surface area contributed by atoms with Crippen LogP contribution in [0.15, 0.2) is 28.2 Å². The molecule has 0 amide bonds. The van der Waals surface area contributed by atoms with Crippen LogP contribution in [0.5, 0.6) is 0 Å². The Bertz CT molecular complexity index is 754. The van der Waals surface area contributed by atoms with E-state index in [0.717, 1.165) is 0 Å². The summed E-state index contributed by atoms with van der Waals surface area (Å²) in [7, 11) is 0. The fraction of sp³-hybridized carbons (Fsp3) is 0.154. The van der Waals surface area contributed by atoms with Crippen molar-refractivity contribution < 1.29 is 4.39 Å². The molecule has 2 aromatic rings. The predicted octanol–water partition coefficient (Wildman–Crippen LogP) is 3.06. The van der Waals surface area contributed by atoms with Crippen molar-refractivity contribution >= 4 is 27.7 Å². The SMILES string of the molecule is CSc1nc(-c2ccc(CBr)c(F)c2)c(C#N)c(=O)[nH]1. The number of thioether (sulfide) groups is 1. The Morgan fingerprint density at radius 3 is 2.85 bits per heavy atom. The van der Waals surface area contributed by atoms with Crippen molar-refractivity contribution in [1.29, 1.82) is 5.26 Å². The molecular weight excluding hydrogens is 345 g/mol. The maximum atomic E-state index is 13.8. The number of aromatic amines is 1. The van der Waals surface area contributed by atoms with Gasteiger partial charge in [-0.25, -0.2) is 9.37 Å². The first-order valence-corrected chi connectivity index (χ1v) is 7.88. The Morgan fingerprint density at radius 1 is 1.55 bits per heavy atom. The van der Waals surface area contributed by atoms with E-state index in [-0.39, 0.29) is 11.3 Å². The summed E-state index contributed by atoms with van der Waals surface area (Å²) in [4.78, 5) is 18.5. The minimum Gasteiger partial charge on any atom is -0.300 e. The Morgan fingerprint density at radius 2 is 2.30 bits per heavy atom. The highest BCUT2D eigenvalue weighted by Crippen LogP contribution is 2.24. The second-order valence-electron chi connectivity index (χ2n) is 3.85. The molecular formula is C13H9BrFN3OS. The fourth-order valence-corrected chi connectivity index (χ4v) is 2.50. The van der Waals surface area contributed by atoms with Crippen LogP contribution >= 0.6 is 27.7 Å². The molecule has 0 atom stereocenters. The van der Waals surface area contributed by atoms with Crippen LogP contribution in [0.3, 0.4) is 0 Å². The van der Waals surface area contributed by atoms with E-state index in [0.29, 0.717) is 21.6 Å². The Balaban J connectivity index is 2.68. The van der Waals surface area contributed by atoms with E-state index in [1.54, 1.807) is 18.4 Å². The molecule has 2 rings (SSSR count). The average Bonchev–Trinajstić information content (AvgIpc) is 2.46. The topological polar surface area (TPSA) is 69.5 Å². The van der Waals surface area contributed by atoms with Gasteiger partial charge in [-0.2, -0.15) is 5.26 Å². The standard InChI is InChI=1S/C13H9BrFN3OS/c1-20-13-17-11(9(6-16)12(19)18-13)7-2-3-8(5-14)10(15)4-7/h2-4H,5H2,1H3,(H,17,18,19). The maximum Gasteiger partial charge on any atom is 0.270 e. The molecule has 1 aromatic carbocycles. The van der Waals surface area contributed by atoms with E-state index < -0.39 is 11.4 Å². The maximum absolute atomic E-state index is 13.8. The number of rotatable bonds is 3. The number of H-pyrrole nitrogens is 1. The zero-order valence-corrected chi connectivity index (χ0v) is 12.8. The van der Waals surface area contributed by atoms with Gasteiger partial charge in [-0.3, -0.25) is 4.79 Å². The molecule has 0 radical (unpaired) electrons. The van der Waals surface area contributed by atoms with Gasteiger partial charge in [0.1, 0.15) is 17.4 Å². The van der Waals surface area contributed by atoms with E-state index >= 15 is 0 Å². The number of nitriles is 1. The van der Waals surface area contributed by atoms with Crippen molar-refractivity contribution in [3.05, 3.63) is 45.5 Å². The normalized spacial score (nSPS) is 10.3. The lowest BCUT2D eigenvalue weighted by atomic mass is 10.1. The highest BCUT2D eigenvalue weighted by molar-refractivity contribution is 9.08. The smallest absolute Gasteiger partial charge is 0.270 e. The van der Waals surface area contributed by atoms with Gasteiger partial charge >= 0.3 is 0 Å². The number of alkyl halides is 1. The summed E-state index contributed by atoms with van der Waals surface area (Å²) >= 11 is 4.43. The van der Waals surface area contributed by atoms with Crippen LogP contribution in [0.25, 0.3) is 11.3 Å². The van der Waals surface area contributed by atoms with Gasteiger partial charge in [0.2, 0.25) is 0 Å². The lowest BCUT2D eigenvalue weighted by molar-refractivity contribution is 0.618. The number of hydrogen-bond acceptors (Lipinski definition) is 4. The number of aromatic nitrogens is 2. The van der Waals surface area contributed by atoms with Crippen molar-refractivity contribution in [3.8, 4) is 17.3 Å². The molecule has 0 bridgehead atoms. The van der Waals surface area contributed by atoms with Crippen molar-refractivity contribution in [2.45, 2.75) is 10.5 Å². The molecule has 0 aliphatic heterocycles. The van der Waals surface area contributed by atoms with E-state index in [2.05, 4.69) is 25.9 Å². The summed E-state index contributed by atoms with van der Waals surface area (Å²) < 4.78 is 13.8. The minimum absolute atomic E-state index is 0.117. The predicted molar refractivity (Wildman–Crippen MR) is 79.4 cm³/mol. The largest absolute Gasteiger partial charge is 0.300 e. The molecule has 0 unspecified atom stereocenters. The fourth-order valence-electron chi connectivity index (χ4n) is 1.66. The van der Waals surface area contributed by atoms with E-state index in [4.69, 9.17) is 5.26 Å². The van der Waals surface area contributed by atoms with Crippen LogP contribution in [0.1, 0.15) is 11.1 Å². The van der Waals surface area contributed by atoms with Gasteiger partial charge in [-0.15, -0.1) is 0 Å². The molecule has 0 fully saturated rings. The number of benzene rings is 1.